The van der Waals surface area contributed by atoms with Crippen molar-refractivity contribution in [2.45, 2.75) is 13.0 Å². The molecule has 1 unspecified atom stereocenters. The van der Waals surface area contributed by atoms with E-state index in [2.05, 4.69) is 21.2 Å². The van der Waals surface area contributed by atoms with E-state index in [4.69, 9.17) is 13.9 Å². The lowest BCUT2D eigenvalue weighted by molar-refractivity contribution is 0.403. The third-order valence-electron chi connectivity index (χ3n) is 2.80. The minimum absolute atomic E-state index is 0.0207. The average molecular weight is 326 g/mol. The van der Waals surface area contributed by atoms with E-state index in [-0.39, 0.29) is 6.04 Å². The van der Waals surface area contributed by atoms with Crippen molar-refractivity contribution in [2.75, 3.05) is 19.5 Å². The molecule has 0 bridgehead atoms. The topological polar surface area (TPSA) is 43.6 Å². The van der Waals surface area contributed by atoms with Gasteiger partial charge >= 0.3 is 0 Å². The van der Waals surface area contributed by atoms with Crippen LogP contribution in [0.25, 0.3) is 0 Å². The van der Waals surface area contributed by atoms with Gasteiger partial charge < -0.3 is 19.2 Å². The fourth-order valence-corrected chi connectivity index (χ4v) is 2.11. The molecular weight excluding hydrogens is 310 g/mol. The summed E-state index contributed by atoms with van der Waals surface area (Å²) in [6, 6.07) is 9.44. The summed E-state index contributed by atoms with van der Waals surface area (Å²) >= 11 is 3.30. The van der Waals surface area contributed by atoms with E-state index in [0.29, 0.717) is 4.67 Å². The van der Waals surface area contributed by atoms with Gasteiger partial charge in [0.05, 0.1) is 25.9 Å². The lowest BCUT2D eigenvalue weighted by atomic mass is 10.2. The zero-order valence-corrected chi connectivity index (χ0v) is 12.7. The predicted molar refractivity (Wildman–Crippen MR) is 78.0 cm³/mol. The van der Waals surface area contributed by atoms with Crippen molar-refractivity contribution in [3.8, 4) is 11.5 Å². The van der Waals surface area contributed by atoms with Crippen LogP contribution in [0.2, 0.25) is 0 Å². The van der Waals surface area contributed by atoms with Crippen molar-refractivity contribution in [1.29, 1.82) is 0 Å². The maximum atomic E-state index is 5.53. The number of methoxy groups -OCH3 is 2. The second kappa shape index (κ2) is 6.02. The number of hydrogen-bond acceptors (Lipinski definition) is 4. The SMILES string of the molecule is COc1ccc(OC)c(NC(C)c2ccc(Br)o2)c1. The van der Waals surface area contributed by atoms with Crippen LogP contribution in [0.3, 0.4) is 0 Å². The molecule has 2 rings (SSSR count). The van der Waals surface area contributed by atoms with Crippen LogP contribution in [0.15, 0.2) is 39.4 Å². The van der Waals surface area contributed by atoms with E-state index in [0.717, 1.165) is 22.9 Å². The Labute approximate surface area is 120 Å². The van der Waals surface area contributed by atoms with Gasteiger partial charge in [-0.2, -0.15) is 0 Å². The van der Waals surface area contributed by atoms with Crippen LogP contribution in [0, 0.1) is 0 Å². The third kappa shape index (κ3) is 3.23. The van der Waals surface area contributed by atoms with Crippen molar-refractivity contribution in [2.24, 2.45) is 0 Å². The van der Waals surface area contributed by atoms with Gasteiger partial charge in [0.15, 0.2) is 4.67 Å². The first-order valence-corrected chi connectivity index (χ1v) is 6.67. The standard InChI is InChI=1S/C14H16BrNO3/c1-9(12-6-7-14(15)19-12)16-11-8-10(17-2)4-5-13(11)18-3/h4-9,16H,1-3H3. The van der Waals surface area contributed by atoms with E-state index in [9.17, 15) is 0 Å². The molecule has 2 aromatic rings. The first kappa shape index (κ1) is 13.8. The number of benzene rings is 1. The maximum Gasteiger partial charge on any atom is 0.169 e. The molecule has 19 heavy (non-hydrogen) atoms. The zero-order chi connectivity index (χ0) is 13.8. The van der Waals surface area contributed by atoms with Gasteiger partial charge in [0.1, 0.15) is 17.3 Å². The summed E-state index contributed by atoms with van der Waals surface area (Å²) in [5, 5.41) is 3.35. The lowest BCUT2D eigenvalue weighted by Crippen LogP contribution is -2.07. The van der Waals surface area contributed by atoms with Gasteiger partial charge in [-0.15, -0.1) is 0 Å². The number of hydrogen-bond donors (Lipinski definition) is 1. The number of rotatable bonds is 5. The van der Waals surface area contributed by atoms with Gasteiger partial charge in [-0.3, -0.25) is 0 Å². The summed E-state index contributed by atoms with van der Waals surface area (Å²) < 4.78 is 16.8. The van der Waals surface area contributed by atoms with Gasteiger partial charge in [0, 0.05) is 6.07 Å². The molecule has 0 aliphatic rings. The molecule has 1 heterocycles. The van der Waals surface area contributed by atoms with Gasteiger partial charge in [-0.05, 0) is 47.1 Å². The van der Waals surface area contributed by atoms with Crippen LogP contribution in [-0.4, -0.2) is 14.2 Å². The second-order valence-corrected chi connectivity index (χ2v) is 4.86. The van der Waals surface area contributed by atoms with Crippen molar-refractivity contribution in [1.82, 2.24) is 0 Å². The molecule has 1 N–H and O–H groups in total. The van der Waals surface area contributed by atoms with Crippen LogP contribution in [-0.2, 0) is 0 Å². The third-order valence-corrected chi connectivity index (χ3v) is 3.23. The van der Waals surface area contributed by atoms with Crippen molar-refractivity contribution < 1.29 is 13.9 Å². The molecule has 5 heteroatoms. The molecule has 1 atom stereocenters. The first-order valence-electron chi connectivity index (χ1n) is 5.88. The molecule has 0 amide bonds. The highest BCUT2D eigenvalue weighted by Crippen LogP contribution is 2.32. The minimum atomic E-state index is 0.0207. The minimum Gasteiger partial charge on any atom is -0.497 e. The molecule has 0 radical (unpaired) electrons. The maximum absolute atomic E-state index is 5.53. The predicted octanol–water partition coefficient (Wildman–Crippen LogP) is 4.23. The van der Waals surface area contributed by atoms with Gasteiger partial charge in [-0.25, -0.2) is 0 Å². The summed E-state index contributed by atoms with van der Waals surface area (Å²) in [4.78, 5) is 0. The highest BCUT2D eigenvalue weighted by Gasteiger charge is 2.13. The van der Waals surface area contributed by atoms with E-state index < -0.39 is 0 Å². The van der Waals surface area contributed by atoms with E-state index in [1.807, 2.05) is 37.3 Å². The van der Waals surface area contributed by atoms with Crippen LogP contribution < -0.4 is 14.8 Å². The zero-order valence-electron chi connectivity index (χ0n) is 11.1. The fraction of sp³-hybridized carbons (Fsp3) is 0.286. The van der Waals surface area contributed by atoms with E-state index in [1.165, 1.54) is 0 Å². The van der Waals surface area contributed by atoms with Crippen molar-refractivity contribution in [3.63, 3.8) is 0 Å². The highest BCUT2D eigenvalue weighted by molar-refractivity contribution is 9.10. The van der Waals surface area contributed by atoms with Crippen LogP contribution in [0.5, 0.6) is 11.5 Å². The van der Waals surface area contributed by atoms with Crippen molar-refractivity contribution in [3.05, 3.63) is 40.8 Å². The van der Waals surface area contributed by atoms with E-state index >= 15 is 0 Å². The average Bonchev–Trinajstić information content (AvgIpc) is 2.85. The molecule has 0 saturated heterocycles. The smallest absolute Gasteiger partial charge is 0.169 e. The molecule has 0 saturated carbocycles. The summed E-state index contributed by atoms with van der Waals surface area (Å²) in [6.45, 7) is 2.02. The number of furan rings is 1. The molecule has 102 valence electrons. The Bertz CT molecular complexity index is 553. The number of halogens is 1. The fourth-order valence-electron chi connectivity index (χ4n) is 1.79. The molecule has 1 aromatic heterocycles. The molecule has 1 aromatic carbocycles. The Balaban J connectivity index is 2.21. The Morgan fingerprint density at radius 1 is 1.16 bits per heavy atom. The quantitative estimate of drug-likeness (QED) is 0.893. The number of ether oxygens (including phenoxy) is 2. The Hall–Kier alpha value is -1.62. The molecular formula is C14H16BrNO3. The Kier molecular flexibility index (Phi) is 4.37. The summed E-state index contributed by atoms with van der Waals surface area (Å²) in [7, 11) is 3.28. The first-order chi connectivity index (χ1) is 9.13. The van der Waals surface area contributed by atoms with Crippen LogP contribution in [0.1, 0.15) is 18.7 Å². The van der Waals surface area contributed by atoms with E-state index in [1.54, 1.807) is 14.2 Å². The van der Waals surface area contributed by atoms with Crippen LogP contribution in [0.4, 0.5) is 5.69 Å². The molecule has 0 spiro atoms. The largest absolute Gasteiger partial charge is 0.497 e. The van der Waals surface area contributed by atoms with Gasteiger partial charge in [0.2, 0.25) is 0 Å². The Morgan fingerprint density at radius 2 is 1.95 bits per heavy atom. The highest BCUT2D eigenvalue weighted by atomic mass is 79.9. The van der Waals surface area contributed by atoms with Gasteiger partial charge in [0.25, 0.3) is 0 Å². The monoisotopic (exact) mass is 325 g/mol. The Morgan fingerprint density at radius 3 is 2.53 bits per heavy atom. The molecule has 4 nitrogen and oxygen atoms in total. The summed E-state index contributed by atoms with van der Waals surface area (Å²) in [5.74, 6) is 2.38. The van der Waals surface area contributed by atoms with Gasteiger partial charge in [-0.1, -0.05) is 0 Å². The number of nitrogens with one attached hydrogen (secondary N) is 1. The lowest BCUT2D eigenvalue weighted by Gasteiger charge is -2.16. The number of anilines is 1. The van der Waals surface area contributed by atoms with Crippen LogP contribution >= 0.6 is 15.9 Å². The van der Waals surface area contributed by atoms with Crippen molar-refractivity contribution >= 4 is 21.6 Å². The summed E-state index contributed by atoms with van der Waals surface area (Å²) in [5.41, 5.74) is 0.863. The second-order valence-electron chi connectivity index (χ2n) is 4.07. The summed E-state index contributed by atoms with van der Waals surface area (Å²) in [6.07, 6.45) is 0. The normalized spacial score (nSPS) is 12.0. The molecule has 0 aliphatic carbocycles. The molecule has 0 fully saturated rings. The molecule has 0 aliphatic heterocycles.